The predicted molar refractivity (Wildman–Crippen MR) is 56.8 cm³/mol. The maximum absolute atomic E-state index is 5.54. The van der Waals surface area contributed by atoms with E-state index in [1.165, 1.54) is 32.5 Å². The first-order valence-electron chi connectivity index (χ1n) is 5.50. The number of nitrogens with zero attached hydrogens (tertiary/aromatic N) is 1. The van der Waals surface area contributed by atoms with Gasteiger partial charge in [0.05, 0.1) is 0 Å². The van der Waals surface area contributed by atoms with Gasteiger partial charge in [-0.25, -0.2) is 0 Å². The zero-order chi connectivity index (χ0) is 9.52. The van der Waals surface area contributed by atoms with Crippen LogP contribution in [0.3, 0.4) is 0 Å². The summed E-state index contributed by atoms with van der Waals surface area (Å²) >= 11 is 0. The number of hydrogen-bond donors (Lipinski definition) is 2. The molecule has 1 saturated heterocycles. The molecule has 0 amide bonds. The Kier molecular flexibility index (Phi) is 5.35. The molecule has 1 aliphatic heterocycles. The van der Waals surface area contributed by atoms with Gasteiger partial charge in [-0.15, -0.1) is 0 Å². The molecule has 1 aliphatic rings. The van der Waals surface area contributed by atoms with Crippen LogP contribution in [0.5, 0.6) is 0 Å². The van der Waals surface area contributed by atoms with Crippen LogP contribution in [0.2, 0.25) is 0 Å². The summed E-state index contributed by atoms with van der Waals surface area (Å²) in [5.74, 6) is 0.867. The van der Waals surface area contributed by atoms with Gasteiger partial charge in [-0.1, -0.05) is 6.92 Å². The molecular formula is C10H23N3. The number of nitrogens with one attached hydrogen (secondary N) is 1. The van der Waals surface area contributed by atoms with Crippen molar-refractivity contribution in [2.24, 2.45) is 11.7 Å². The molecule has 1 fully saturated rings. The third kappa shape index (κ3) is 4.07. The summed E-state index contributed by atoms with van der Waals surface area (Å²) in [6.07, 6.45) is 2.56. The van der Waals surface area contributed by atoms with Gasteiger partial charge in [0.25, 0.3) is 0 Å². The Hall–Kier alpha value is -0.120. The van der Waals surface area contributed by atoms with E-state index in [1.54, 1.807) is 0 Å². The lowest BCUT2D eigenvalue weighted by Gasteiger charge is -2.15. The fourth-order valence-electron chi connectivity index (χ4n) is 2.00. The van der Waals surface area contributed by atoms with Crippen LogP contribution >= 0.6 is 0 Å². The fraction of sp³-hybridized carbons (Fsp3) is 1.00. The molecule has 0 aliphatic carbocycles. The molecule has 78 valence electrons. The van der Waals surface area contributed by atoms with Crippen LogP contribution in [0.4, 0.5) is 0 Å². The average molecular weight is 185 g/mol. The van der Waals surface area contributed by atoms with Gasteiger partial charge in [-0.3, -0.25) is 0 Å². The Bertz CT molecular complexity index is 127. The van der Waals surface area contributed by atoms with Crippen molar-refractivity contribution in [2.45, 2.75) is 19.8 Å². The molecule has 0 aromatic heterocycles. The van der Waals surface area contributed by atoms with Crippen molar-refractivity contribution >= 4 is 0 Å². The smallest absolute Gasteiger partial charge is 0.0107 e. The molecule has 0 spiro atoms. The van der Waals surface area contributed by atoms with Gasteiger partial charge in [0.1, 0.15) is 0 Å². The van der Waals surface area contributed by atoms with Gasteiger partial charge < -0.3 is 16.0 Å². The standard InChI is InChI=1S/C10H23N3/c1-2-12-6-8-13-7-4-10(9-13)3-5-11/h10,12H,2-9,11H2,1H3. The largest absolute Gasteiger partial charge is 0.330 e. The van der Waals surface area contributed by atoms with Crippen LogP contribution in [0.1, 0.15) is 19.8 Å². The first-order valence-corrected chi connectivity index (χ1v) is 5.50. The first-order chi connectivity index (χ1) is 6.36. The summed E-state index contributed by atoms with van der Waals surface area (Å²) in [6.45, 7) is 8.96. The van der Waals surface area contributed by atoms with Gasteiger partial charge in [0.15, 0.2) is 0 Å². The van der Waals surface area contributed by atoms with Crippen molar-refractivity contribution in [1.29, 1.82) is 0 Å². The van der Waals surface area contributed by atoms with E-state index in [2.05, 4.69) is 17.1 Å². The molecule has 0 aromatic rings. The minimum atomic E-state index is 0.853. The van der Waals surface area contributed by atoms with Gasteiger partial charge >= 0.3 is 0 Å². The Labute approximate surface area is 81.7 Å². The molecule has 3 N–H and O–H groups in total. The summed E-state index contributed by atoms with van der Waals surface area (Å²) in [5, 5.41) is 3.36. The lowest BCUT2D eigenvalue weighted by molar-refractivity contribution is 0.320. The second kappa shape index (κ2) is 6.35. The SMILES string of the molecule is CCNCCN1CCC(CCN)C1. The molecule has 0 radical (unpaired) electrons. The monoisotopic (exact) mass is 185 g/mol. The Morgan fingerprint density at radius 3 is 3.08 bits per heavy atom. The Morgan fingerprint density at radius 1 is 1.54 bits per heavy atom. The van der Waals surface area contributed by atoms with Crippen LogP contribution in [0.15, 0.2) is 0 Å². The van der Waals surface area contributed by atoms with Crippen molar-refractivity contribution in [1.82, 2.24) is 10.2 Å². The van der Waals surface area contributed by atoms with Crippen molar-refractivity contribution in [3.05, 3.63) is 0 Å². The summed E-state index contributed by atoms with van der Waals surface area (Å²) in [7, 11) is 0. The molecule has 0 bridgehead atoms. The van der Waals surface area contributed by atoms with Crippen molar-refractivity contribution in [2.75, 3.05) is 39.3 Å². The molecule has 1 heterocycles. The van der Waals surface area contributed by atoms with Gasteiger partial charge in [0, 0.05) is 19.6 Å². The third-order valence-electron chi connectivity index (χ3n) is 2.80. The van der Waals surface area contributed by atoms with Gasteiger partial charge in [-0.2, -0.15) is 0 Å². The van der Waals surface area contributed by atoms with Gasteiger partial charge in [-0.05, 0) is 38.4 Å². The second-order valence-corrected chi connectivity index (χ2v) is 3.89. The Morgan fingerprint density at radius 2 is 2.38 bits per heavy atom. The van der Waals surface area contributed by atoms with Crippen LogP contribution < -0.4 is 11.1 Å². The number of likely N-dealkylation sites (N-methyl/N-ethyl adjacent to an activating group) is 1. The minimum Gasteiger partial charge on any atom is -0.330 e. The molecule has 13 heavy (non-hydrogen) atoms. The highest BCUT2D eigenvalue weighted by Gasteiger charge is 2.20. The summed E-state index contributed by atoms with van der Waals surface area (Å²) in [6, 6.07) is 0. The lowest BCUT2D eigenvalue weighted by Crippen LogP contribution is -2.30. The van der Waals surface area contributed by atoms with Crippen LogP contribution in [-0.2, 0) is 0 Å². The first kappa shape index (κ1) is 11.0. The highest BCUT2D eigenvalue weighted by atomic mass is 15.2. The van der Waals surface area contributed by atoms with Crippen LogP contribution in [0, 0.1) is 5.92 Å². The van der Waals surface area contributed by atoms with Crippen molar-refractivity contribution in [3.63, 3.8) is 0 Å². The zero-order valence-corrected chi connectivity index (χ0v) is 8.76. The summed E-state index contributed by atoms with van der Waals surface area (Å²) < 4.78 is 0. The van der Waals surface area contributed by atoms with E-state index in [0.29, 0.717) is 0 Å². The molecular weight excluding hydrogens is 162 g/mol. The fourth-order valence-corrected chi connectivity index (χ4v) is 2.00. The normalized spacial score (nSPS) is 24.0. The topological polar surface area (TPSA) is 41.3 Å². The van der Waals surface area contributed by atoms with E-state index in [9.17, 15) is 0 Å². The third-order valence-corrected chi connectivity index (χ3v) is 2.80. The Balaban J connectivity index is 2.03. The van der Waals surface area contributed by atoms with Crippen LogP contribution in [-0.4, -0.2) is 44.2 Å². The minimum absolute atomic E-state index is 0.853. The van der Waals surface area contributed by atoms with E-state index >= 15 is 0 Å². The van der Waals surface area contributed by atoms with E-state index in [1.807, 2.05) is 0 Å². The molecule has 1 unspecified atom stereocenters. The van der Waals surface area contributed by atoms with E-state index in [0.717, 1.165) is 25.6 Å². The molecule has 1 atom stereocenters. The molecule has 0 aromatic carbocycles. The second-order valence-electron chi connectivity index (χ2n) is 3.89. The highest BCUT2D eigenvalue weighted by Crippen LogP contribution is 2.17. The zero-order valence-electron chi connectivity index (χ0n) is 8.76. The maximum Gasteiger partial charge on any atom is 0.0107 e. The molecule has 3 nitrogen and oxygen atoms in total. The van der Waals surface area contributed by atoms with E-state index < -0.39 is 0 Å². The van der Waals surface area contributed by atoms with Crippen molar-refractivity contribution in [3.8, 4) is 0 Å². The number of likely N-dealkylation sites (tertiary alicyclic amines) is 1. The molecule has 1 rings (SSSR count). The maximum atomic E-state index is 5.54. The summed E-state index contributed by atoms with van der Waals surface area (Å²) in [5.41, 5.74) is 5.54. The van der Waals surface area contributed by atoms with E-state index in [4.69, 9.17) is 5.73 Å². The molecule has 0 saturated carbocycles. The highest BCUT2D eigenvalue weighted by molar-refractivity contribution is 4.75. The average Bonchev–Trinajstić information content (AvgIpc) is 2.54. The number of nitrogens with two attached hydrogens (primary N) is 1. The van der Waals surface area contributed by atoms with Crippen molar-refractivity contribution < 1.29 is 0 Å². The quantitative estimate of drug-likeness (QED) is 0.584. The molecule has 3 heteroatoms. The number of hydrogen-bond acceptors (Lipinski definition) is 3. The number of rotatable bonds is 6. The van der Waals surface area contributed by atoms with E-state index in [-0.39, 0.29) is 0 Å². The lowest BCUT2D eigenvalue weighted by atomic mass is 10.1. The predicted octanol–water partition coefficient (Wildman–Crippen LogP) is 0.267. The van der Waals surface area contributed by atoms with Crippen LogP contribution in [0.25, 0.3) is 0 Å². The summed E-state index contributed by atoms with van der Waals surface area (Å²) in [4.78, 5) is 2.54. The van der Waals surface area contributed by atoms with Gasteiger partial charge in [0.2, 0.25) is 0 Å².